The van der Waals surface area contributed by atoms with Crippen LogP contribution < -0.4 is 0 Å². The van der Waals surface area contributed by atoms with E-state index in [1.54, 1.807) is 7.05 Å². The van der Waals surface area contributed by atoms with Gasteiger partial charge < -0.3 is 0 Å². The minimum Gasteiger partial charge on any atom is -0.300 e. The van der Waals surface area contributed by atoms with E-state index in [0.29, 0.717) is 32.1 Å². The number of ketones is 1. The number of rotatable bonds is 4. The Morgan fingerprint density at radius 3 is 2.17 bits per heavy atom. The first-order valence-electron chi connectivity index (χ1n) is 6.59. The van der Waals surface area contributed by atoms with Crippen molar-refractivity contribution in [3.05, 3.63) is 0 Å². The third-order valence-electron chi connectivity index (χ3n) is 3.58. The quantitative estimate of drug-likeness (QED) is 0.790. The van der Waals surface area contributed by atoms with Gasteiger partial charge in [-0.1, -0.05) is 20.8 Å². The minimum atomic E-state index is -3.19. The van der Waals surface area contributed by atoms with Gasteiger partial charge in [-0.15, -0.1) is 0 Å². The van der Waals surface area contributed by atoms with Crippen LogP contribution in [0.5, 0.6) is 0 Å². The van der Waals surface area contributed by atoms with Crippen LogP contribution in [-0.4, -0.2) is 37.3 Å². The topological polar surface area (TPSA) is 54.5 Å². The third kappa shape index (κ3) is 4.69. The molecule has 0 aliphatic heterocycles. The Labute approximate surface area is 111 Å². The average Bonchev–Trinajstić information content (AvgIpc) is 2.26. The summed E-state index contributed by atoms with van der Waals surface area (Å²) in [6, 6.07) is 0.00710. The molecular formula is C13H25NO3S. The number of hydrogen-bond donors (Lipinski definition) is 0. The normalized spacial score (nSPS) is 19.5. The fourth-order valence-electron chi connectivity index (χ4n) is 2.09. The standard InChI is InChI=1S/C13H25NO3S/c1-13(2,3)9-10-18(16,17)14(4)11-5-7-12(15)8-6-11/h11H,5-10H2,1-4H3. The van der Waals surface area contributed by atoms with Gasteiger partial charge in [-0.05, 0) is 24.7 Å². The molecule has 0 spiro atoms. The molecule has 0 aromatic rings. The molecule has 1 aliphatic rings. The van der Waals surface area contributed by atoms with Crippen molar-refractivity contribution < 1.29 is 13.2 Å². The van der Waals surface area contributed by atoms with Crippen LogP contribution in [-0.2, 0) is 14.8 Å². The van der Waals surface area contributed by atoms with Gasteiger partial charge in [-0.3, -0.25) is 4.79 Å². The number of Topliss-reactive ketones (excluding diaryl/α,β-unsaturated/α-hetero) is 1. The molecule has 1 rings (SSSR count). The van der Waals surface area contributed by atoms with E-state index < -0.39 is 10.0 Å². The Bertz CT molecular complexity index is 385. The average molecular weight is 275 g/mol. The van der Waals surface area contributed by atoms with Gasteiger partial charge in [0.1, 0.15) is 5.78 Å². The first-order valence-corrected chi connectivity index (χ1v) is 8.20. The van der Waals surface area contributed by atoms with Crippen molar-refractivity contribution in [2.24, 2.45) is 5.41 Å². The van der Waals surface area contributed by atoms with Crippen LogP contribution in [0.15, 0.2) is 0 Å². The first-order chi connectivity index (χ1) is 8.12. The van der Waals surface area contributed by atoms with Gasteiger partial charge in [0.2, 0.25) is 10.0 Å². The molecule has 0 N–H and O–H groups in total. The van der Waals surface area contributed by atoms with Crippen molar-refractivity contribution in [2.45, 2.75) is 58.9 Å². The summed E-state index contributed by atoms with van der Waals surface area (Å²) in [5, 5.41) is 0. The SMILES string of the molecule is CN(C1CCC(=O)CC1)S(=O)(=O)CCC(C)(C)C. The predicted octanol–water partition coefficient (Wildman–Crippen LogP) is 2.20. The lowest BCUT2D eigenvalue weighted by Gasteiger charge is -2.30. The van der Waals surface area contributed by atoms with Crippen molar-refractivity contribution in [1.29, 1.82) is 0 Å². The Morgan fingerprint density at radius 1 is 1.22 bits per heavy atom. The molecule has 0 heterocycles. The number of sulfonamides is 1. The predicted molar refractivity (Wildman–Crippen MR) is 72.9 cm³/mol. The maximum atomic E-state index is 12.2. The van der Waals surface area contributed by atoms with Crippen LogP contribution in [0.4, 0.5) is 0 Å². The highest BCUT2D eigenvalue weighted by Gasteiger charge is 2.30. The highest BCUT2D eigenvalue weighted by Crippen LogP contribution is 2.24. The van der Waals surface area contributed by atoms with Crippen LogP contribution in [0.3, 0.4) is 0 Å². The Balaban J connectivity index is 2.59. The molecule has 0 aromatic heterocycles. The summed E-state index contributed by atoms with van der Waals surface area (Å²) in [5.41, 5.74) is 0.0242. The molecule has 0 amide bonds. The van der Waals surface area contributed by atoms with Gasteiger partial charge in [0.15, 0.2) is 0 Å². The smallest absolute Gasteiger partial charge is 0.214 e. The molecule has 0 saturated heterocycles. The van der Waals surface area contributed by atoms with Crippen LogP contribution in [0.2, 0.25) is 0 Å². The lowest BCUT2D eigenvalue weighted by Crippen LogP contribution is -2.41. The van der Waals surface area contributed by atoms with E-state index in [-0.39, 0.29) is 23.0 Å². The number of hydrogen-bond acceptors (Lipinski definition) is 3. The van der Waals surface area contributed by atoms with Gasteiger partial charge in [-0.2, -0.15) is 0 Å². The van der Waals surface area contributed by atoms with Crippen molar-refractivity contribution >= 4 is 15.8 Å². The molecular weight excluding hydrogens is 250 g/mol. The molecule has 106 valence electrons. The van der Waals surface area contributed by atoms with Gasteiger partial charge in [0.05, 0.1) is 5.75 Å². The second-order valence-electron chi connectivity index (χ2n) is 6.41. The van der Waals surface area contributed by atoms with Crippen molar-refractivity contribution in [1.82, 2.24) is 4.31 Å². The Kier molecular flexibility index (Phi) is 4.95. The largest absolute Gasteiger partial charge is 0.300 e. The molecule has 1 fully saturated rings. The molecule has 0 radical (unpaired) electrons. The van der Waals surface area contributed by atoms with Crippen LogP contribution in [0.1, 0.15) is 52.9 Å². The zero-order chi connectivity index (χ0) is 14.0. The molecule has 5 heteroatoms. The summed E-state index contributed by atoms with van der Waals surface area (Å²) in [5.74, 6) is 0.448. The second-order valence-corrected chi connectivity index (χ2v) is 8.56. The van der Waals surface area contributed by atoms with E-state index in [9.17, 15) is 13.2 Å². The fraction of sp³-hybridized carbons (Fsp3) is 0.923. The minimum absolute atomic E-state index is 0.00710. The van der Waals surface area contributed by atoms with E-state index in [1.165, 1.54) is 4.31 Å². The number of nitrogens with zero attached hydrogens (tertiary/aromatic N) is 1. The van der Waals surface area contributed by atoms with Crippen molar-refractivity contribution in [3.8, 4) is 0 Å². The highest BCUT2D eigenvalue weighted by atomic mass is 32.2. The lowest BCUT2D eigenvalue weighted by atomic mass is 9.94. The monoisotopic (exact) mass is 275 g/mol. The van der Waals surface area contributed by atoms with Crippen LogP contribution in [0, 0.1) is 5.41 Å². The van der Waals surface area contributed by atoms with E-state index in [2.05, 4.69) is 0 Å². The summed E-state index contributed by atoms with van der Waals surface area (Å²) < 4.78 is 25.9. The van der Waals surface area contributed by atoms with Crippen LogP contribution >= 0.6 is 0 Å². The fourth-order valence-corrected chi connectivity index (χ4v) is 3.92. The van der Waals surface area contributed by atoms with E-state index in [1.807, 2.05) is 20.8 Å². The summed E-state index contributed by atoms with van der Waals surface area (Å²) in [4.78, 5) is 11.2. The van der Waals surface area contributed by atoms with E-state index in [4.69, 9.17) is 0 Å². The molecule has 1 aliphatic carbocycles. The van der Waals surface area contributed by atoms with E-state index in [0.717, 1.165) is 0 Å². The number of carbonyl (C=O) groups excluding carboxylic acids is 1. The van der Waals surface area contributed by atoms with Gasteiger partial charge >= 0.3 is 0 Å². The van der Waals surface area contributed by atoms with Crippen LogP contribution in [0.25, 0.3) is 0 Å². The molecule has 1 saturated carbocycles. The maximum Gasteiger partial charge on any atom is 0.214 e. The third-order valence-corrected chi connectivity index (χ3v) is 5.47. The maximum absolute atomic E-state index is 12.2. The van der Waals surface area contributed by atoms with Crippen molar-refractivity contribution in [2.75, 3.05) is 12.8 Å². The Morgan fingerprint density at radius 2 is 1.72 bits per heavy atom. The molecule has 4 nitrogen and oxygen atoms in total. The summed E-state index contributed by atoms with van der Waals surface area (Å²) in [6.07, 6.45) is 3.03. The Hall–Kier alpha value is -0.420. The zero-order valence-corrected chi connectivity index (χ0v) is 12.7. The van der Waals surface area contributed by atoms with E-state index >= 15 is 0 Å². The summed E-state index contributed by atoms with van der Waals surface area (Å²) in [7, 11) is -1.54. The summed E-state index contributed by atoms with van der Waals surface area (Å²) >= 11 is 0. The van der Waals surface area contributed by atoms with Gasteiger partial charge in [-0.25, -0.2) is 12.7 Å². The van der Waals surface area contributed by atoms with Gasteiger partial charge in [0.25, 0.3) is 0 Å². The number of carbonyl (C=O) groups is 1. The molecule has 0 aromatic carbocycles. The zero-order valence-electron chi connectivity index (χ0n) is 11.9. The highest BCUT2D eigenvalue weighted by molar-refractivity contribution is 7.89. The lowest BCUT2D eigenvalue weighted by molar-refractivity contribution is -0.120. The first kappa shape index (κ1) is 15.6. The molecule has 0 bridgehead atoms. The molecule has 18 heavy (non-hydrogen) atoms. The van der Waals surface area contributed by atoms with Crippen molar-refractivity contribution in [3.63, 3.8) is 0 Å². The summed E-state index contributed by atoms with van der Waals surface area (Å²) in [6.45, 7) is 6.13. The molecule has 0 atom stereocenters. The molecule has 0 unspecified atom stereocenters. The second kappa shape index (κ2) is 5.70. The van der Waals surface area contributed by atoms with Gasteiger partial charge in [0, 0.05) is 25.9 Å².